The maximum atomic E-state index is 12.0. The van der Waals surface area contributed by atoms with Gasteiger partial charge < -0.3 is 5.32 Å². The van der Waals surface area contributed by atoms with E-state index in [2.05, 4.69) is 17.0 Å². The fourth-order valence-electron chi connectivity index (χ4n) is 3.10. The SMILES string of the molecule is CC1(CNS(=O)(=O)CC2CCCC2)CCCNC1.Cl. The molecule has 4 nitrogen and oxygen atoms in total. The van der Waals surface area contributed by atoms with Crippen LogP contribution in [0.2, 0.25) is 0 Å². The lowest BCUT2D eigenvalue weighted by Gasteiger charge is -2.34. The van der Waals surface area contributed by atoms with Gasteiger partial charge in [-0.25, -0.2) is 13.1 Å². The van der Waals surface area contributed by atoms with Crippen molar-refractivity contribution in [3.8, 4) is 0 Å². The summed E-state index contributed by atoms with van der Waals surface area (Å²) < 4.78 is 26.9. The van der Waals surface area contributed by atoms with Gasteiger partial charge in [-0.05, 0) is 43.6 Å². The summed E-state index contributed by atoms with van der Waals surface area (Å²) in [5.41, 5.74) is 0.0843. The van der Waals surface area contributed by atoms with Crippen molar-refractivity contribution in [1.82, 2.24) is 10.0 Å². The Hall–Kier alpha value is 0.160. The minimum atomic E-state index is -3.08. The van der Waals surface area contributed by atoms with Crippen LogP contribution in [-0.2, 0) is 10.0 Å². The number of rotatable bonds is 5. The quantitative estimate of drug-likeness (QED) is 0.815. The predicted molar refractivity (Wildman–Crippen MR) is 81.2 cm³/mol. The van der Waals surface area contributed by atoms with Gasteiger partial charge in [0, 0.05) is 13.1 Å². The van der Waals surface area contributed by atoms with E-state index in [9.17, 15) is 8.42 Å². The maximum absolute atomic E-state index is 12.0. The van der Waals surface area contributed by atoms with E-state index in [1.165, 1.54) is 12.8 Å². The zero-order chi connectivity index (χ0) is 13.1. The molecule has 0 aromatic carbocycles. The Kier molecular flexibility index (Phi) is 6.57. The first kappa shape index (κ1) is 17.2. The molecule has 114 valence electrons. The molecule has 0 spiro atoms. The Morgan fingerprint density at radius 3 is 2.53 bits per heavy atom. The van der Waals surface area contributed by atoms with Gasteiger partial charge in [0.15, 0.2) is 0 Å². The van der Waals surface area contributed by atoms with E-state index in [1.54, 1.807) is 0 Å². The van der Waals surface area contributed by atoms with Gasteiger partial charge in [-0.3, -0.25) is 0 Å². The zero-order valence-electron chi connectivity index (χ0n) is 11.8. The van der Waals surface area contributed by atoms with Crippen LogP contribution in [-0.4, -0.2) is 33.8 Å². The normalized spacial score (nSPS) is 29.1. The molecule has 1 atom stereocenters. The lowest BCUT2D eigenvalue weighted by molar-refractivity contribution is 0.238. The summed E-state index contributed by atoms with van der Waals surface area (Å²) in [6.07, 6.45) is 6.80. The molecule has 0 aromatic rings. The molecule has 0 bridgehead atoms. The van der Waals surface area contributed by atoms with Gasteiger partial charge in [0.05, 0.1) is 5.75 Å². The minimum Gasteiger partial charge on any atom is -0.316 e. The van der Waals surface area contributed by atoms with E-state index in [0.717, 1.165) is 38.8 Å². The Balaban J connectivity index is 0.00000180. The van der Waals surface area contributed by atoms with Crippen LogP contribution in [0.15, 0.2) is 0 Å². The van der Waals surface area contributed by atoms with Crippen molar-refractivity contribution >= 4 is 22.4 Å². The number of hydrogen-bond donors (Lipinski definition) is 2. The highest BCUT2D eigenvalue weighted by Gasteiger charge is 2.29. The lowest BCUT2D eigenvalue weighted by Crippen LogP contribution is -2.46. The third-order valence-corrected chi connectivity index (χ3v) is 5.83. The molecule has 1 unspecified atom stereocenters. The Morgan fingerprint density at radius 2 is 1.95 bits per heavy atom. The minimum absolute atomic E-state index is 0. The van der Waals surface area contributed by atoms with Gasteiger partial charge >= 0.3 is 0 Å². The van der Waals surface area contributed by atoms with Crippen LogP contribution < -0.4 is 10.0 Å². The van der Waals surface area contributed by atoms with E-state index in [-0.39, 0.29) is 17.8 Å². The fourth-order valence-corrected chi connectivity index (χ4v) is 4.74. The molecule has 0 aromatic heterocycles. The number of halogens is 1. The third-order valence-electron chi connectivity index (χ3n) is 4.33. The van der Waals surface area contributed by atoms with Gasteiger partial charge in [0.2, 0.25) is 10.0 Å². The molecule has 1 heterocycles. The predicted octanol–water partition coefficient (Wildman–Crippen LogP) is 1.91. The highest BCUT2D eigenvalue weighted by atomic mass is 35.5. The zero-order valence-corrected chi connectivity index (χ0v) is 13.4. The van der Waals surface area contributed by atoms with Gasteiger partial charge in [-0.15, -0.1) is 12.4 Å². The van der Waals surface area contributed by atoms with Crippen molar-refractivity contribution in [2.24, 2.45) is 11.3 Å². The molecule has 6 heteroatoms. The van der Waals surface area contributed by atoms with Crippen molar-refractivity contribution in [1.29, 1.82) is 0 Å². The third kappa shape index (κ3) is 5.58. The van der Waals surface area contributed by atoms with Crippen LogP contribution in [0, 0.1) is 11.3 Å². The monoisotopic (exact) mass is 310 g/mol. The molecule has 1 saturated heterocycles. The summed E-state index contributed by atoms with van der Waals surface area (Å²) >= 11 is 0. The molecular formula is C13H27ClN2O2S. The first-order valence-corrected chi connectivity index (χ1v) is 8.82. The van der Waals surface area contributed by atoms with E-state index < -0.39 is 10.0 Å². The summed E-state index contributed by atoms with van der Waals surface area (Å²) in [5, 5.41) is 3.35. The smallest absolute Gasteiger partial charge is 0.211 e. The fraction of sp³-hybridized carbons (Fsp3) is 1.00. The maximum Gasteiger partial charge on any atom is 0.211 e. The van der Waals surface area contributed by atoms with Gasteiger partial charge in [0.1, 0.15) is 0 Å². The topological polar surface area (TPSA) is 58.2 Å². The van der Waals surface area contributed by atoms with Crippen molar-refractivity contribution < 1.29 is 8.42 Å². The first-order chi connectivity index (χ1) is 8.49. The van der Waals surface area contributed by atoms with Crippen molar-refractivity contribution in [2.45, 2.75) is 45.4 Å². The first-order valence-electron chi connectivity index (χ1n) is 7.17. The average molecular weight is 311 g/mol. The van der Waals surface area contributed by atoms with Crippen LogP contribution in [0.4, 0.5) is 0 Å². The Morgan fingerprint density at radius 1 is 1.26 bits per heavy atom. The summed E-state index contributed by atoms with van der Waals surface area (Å²) in [6.45, 7) is 4.72. The highest BCUT2D eigenvalue weighted by Crippen LogP contribution is 2.27. The van der Waals surface area contributed by atoms with Gasteiger partial charge in [-0.2, -0.15) is 0 Å². The molecule has 1 aliphatic carbocycles. The molecular weight excluding hydrogens is 284 g/mol. The van der Waals surface area contributed by atoms with E-state index >= 15 is 0 Å². The molecule has 2 fully saturated rings. The average Bonchev–Trinajstić information content (AvgIpc) is 2.80. The number of piperidine rings is 1. The molecule has 0 radical (unpaired) electrons. The van der Waals surface area contributed by atoms with Crippen molar-refractivity contribution in [3.05, 3.63) is 0 Å². The highest BCUT2D eigenvalue weighted by molar-refractivity contribution is 7.89. The van der Waals surface area contributed by atoms with Crippen LogP contribution in [0.5, 0.6) is 0 Å². The Bertz CT molecular complexity index is 361. The second kappa shape index (κ2) is 7.25. The Labute approximate surface area is 123 Å². The van der Waals surface area contributed by atoms with Gasteiger partial charge in [-0.1, -0.05) is 19.8 Å². The summed E-state index contributed by atoms with van der Waals surface area (Å²) in [7, 11) is -3.08. The van der Waals surface area contributed by atoms with Crippen molar-refractivity contribution in [3.63, 3.8) is 0 Å². The lowest BCUT2D eigenvalue weighted by atomic mass is 9.83. The van der Waals surface area contributed by atoms with Crippen LogP contribution in [0.25, 0.3) is 0 Å². The van der Waals surface area contributed by atoms with Crippen LogP contribution in [0.1, 0.15) is 45.4 Å². The standard InChI is InChI=1S/C13H26N2O2S.ClH/c1-13(7-4-8-14-10-13)11-15-18(16,17)9-12-5-2-3-6-12;/h12,14-15H,2-11H2,1H3;1H. The van der Waals surface area contributed by atoms with E-state index in [4.69, 9.17) is 0 Å². The number of nitrogens with one attached hydrogen (secondary N) is 2. The number of sulfonamides is 1. The molecule has 1 saturated carbocycles. The molecule has 2 aliphatic rings. The molecule has 19 heavy (non-hydrogen) atoms. The molecule has 2 rings (SSSR count). The van der Waals surface area contributed by atoms with Crippen molar-refractivity contribution in [2.75, 3.05) is 25.4 Å². The summed E-state index contributed by atoms with van der Waals surface area (Å²) in [6, 6.07) is 0. The van der Waals surface area contributed by atoms with Crippen LogP contribution >= 0.6 is 12.4 Å². The number of hydrogen-bond acceptors (Lipinski definition) is 3. The van der Waals surface area contributed by atoms with E-state index in [1.807, 2.05) is 0 Å². The second-order valence-corrected chi connectivity index (χ2v) is 8.20. The molecule has 2 N–H and O–H groups in total. The van der Waals surface area contributed by atoms with Crippen LogP contribution in [0.3, 0.4) is 0 Å². The summed E-state index contributed by atoms with van der Waals surface area (Å²) in [5.74, 6) is 0.719. The second-order valence-electron chi connectivity index (χ2n) is 6.34. The van der Waals surface area contributed by atoms with Gasteiger partial charge in [0.25, 0.3) is 0 Å². The molecule has 0 amide bonds. The van der Waals surface area contributed by atoms with E-state index in [0.29, 0.717) is 18.2 Å². The summed E-state index contributed by atoms with van der Waals surface area (Å²) in [4.78, 5) is 0. The molecule has 1 aliphatic heterocycles. The largest absolute Gasteiger partial charge is 0.316 e.